The summed E-state index contributed by atoms with van der Waals surface area (Å²) in [6.45, 7) is 3.84. The average molecular weight is 428 g/mol. The lowest BCUT2D eigenvalue weighted by molar-refractivity contribution is -0.120. The lowest BCUT2D eigenvalue weighted by Gasteiger charge is -2.18. The summed E-state index contributed by atoms with van der Waals surface area (Å²) >= 11 is 0. The number of nitrogens with zero attached hydrogens (tertiary/aromatic N) is 1. The van der Waals surface area contributed by atoms with Gasteiger partial charge in [0.2, 0.25) is 0 Å². The molecule has 6 nitrogen and oxygen atoms in total. The summed E-state index contributed by atoms with van der Waals surface area (Å²) in [6, 6.07) is 20.1. The van der Waals surface area contributed by atoms with Gasteiger partial charge in [0.1, 0.15) is 17.2 Å². The van der Waals surface area contributed by atoms with E-state index < -0.39 is 5.91 Å². The summed E-state index contributed by atoms with van der Waals surface area (Å²) in [5, 5.41) is 3.16. The Hall–Kier alpha value is -4.06. The quantitative estimate of drug-likeness (QED) is 0.576. The minimum Gasteiger partial charge on any atom is -0.497 e. The molecule has 0 atom stereocenters. The molecule has 1 N–H and O–H groups in total. The van der Waals surface area contributed by atoms with E-state index in [-0.39, 0.29) is 11.6 Å². The van der Waals surface area contributed by atoms with Gasteiger partial charge >= 0.3 is 0 Å². The van der Waals surface area contributed by atoms with E-state index in [2.05, 4.69) is 5.32 Å². The van der Waals surface area contributed by atoms with Crippen LogP contribution < -0.4 is 19.7 Å². The van der Waals surface area contributed by atoms with Crippen LogP contribution in [0.15, 0.2) is 72.4 Å². The molecule has 0 aliphatic carbocycles. The van der Waals surface area contributed by atoms with Crippen LogP contribution in [-0.2, 0) is 9.59 Å². The van der Waals surface area contributed by atoms with Crippen LogP contribution >= 0.6 is 0 Å². The number of aryl methyl sites for hydroxylation is 2. The maximum Gasteiger partial charge on any atom is 0.282 e. The number of nitrogens with one attached hydrogen (secondary N) is 1. The highest BCUT2D eigenvalue weighted by Crippen LogP contribution is 2.37. The Balaban J connectivity index is 1.87. The maximum absolute atomic E-state index is 13.6. The second kappa shape index (κ2) is 8.59. The zero-order valence-electron chi connectivity index (χ0n) is 18.4. The molecule has 3 aromatic rings. The lowest BCUT2D eigenvalue weighted by atomic mass is 10.0. The minimum atomic E-state index is -0.426. The van der Waals surface area contributed by atoms with Crippen LogP contribution in [0.1, 0.15) is 16.7 Å². The first kappa shape index (κ1) is 21.2. The highest BCUT2D eigenvalue weighted by molar-refractivity contribution is 6.46. The van der Waals surface area contributed by atoms with E-state index in [0.717, 1.165) is 11.1 Å². The molecular weight excluding hydrogens is 404 g/mol. The molecule has 0 aromatic heterocycles. The number of imide groups is 1. The van der Waals surface area contributed by atoms with Crippen molar-refractivity contribution >= 4 is 28.8 Å². The van der Waals surface area contributed by atoms with Crippen molar-refractivity contribution in [3.05, 3.63) is 89.1 Å². The van der Waals surface area contributed by atoms with E-state index in [9.17, 15) is 9.59 Å². The first-order chi connectivity index (χ1) is 15.4. The van der Waals surface area contributed by atoms with Gasteiger partial charge in [-0.15, -0.1) is 0 Å². The molecule has 0 radical (unpaired) electrons. The second-order valence-corrected chi connectivity index (χ2v) is 7.54. The molecule has 0 bridgehead atoms. The molecule has 0 saturated heterocycles. The van der Waals surface area contributed by atoms with E-state index >= 15 is 0 Å². The molecule has 2 amide bonds. The molecule has 6 heteroatoms. The van der Waals surface area contributed by atoms with E-state index in [1.807, 2.05) is 56.3 Å². The number of carbonyl (C=O) groups is 2. The summed E-state index contributed by atoms with van der Waals surface area (Å²) < 4.78 is 10.8. The molecule has 32 heavy (non-hydrogen) atoms. The molecule has 4 rings (SSSR count). The first-order valence-corrected chi connectivity index (χ1v) is 10.2. The molecule has 1 heterocycles. The molecule has 0 spiro atoms. The van der Waals surface area contributed by atoms with Crippen LogP contribution in [0.5, 0.6) is 11.5 Å². The van der Waals surface area contributed by atoms with Crippen molar-refractivity contribution in [2.75, 3.05) is 24.4 Å². The van der Waals surface area contributed by atoms with Gasteiger partial charge in [-0.1, -0.05) is 48.0 Å². The number of benzene rings is 3. The van der Waals surface area contributed by atoms with Crippen molar-refractivity contribution in [2.24, 2.45) is 0 Å². The largest absolute Gasteiger partial charge is 0.497 e. The van der Waals surface area contributed by atoms with Gasteiger partial charge in [-0.25, -0.2) is 4.90 Å². The van der Waals surface area contributed by atoms with Crippen molar-refractivity contribution in [1.82, 2.24) is 0 Å². The number of ether oxygens (including phenoxy) is 2. The molecule has 3 aromatic carbocycles. The van der Waals surface area contributed by atoms with Gasteiger partial charge in [0.15, 0.2) is 0 Å². The second-order valence-electron chi connectivity index (χ2n) is 7.54. The smallest absolute Gasteiger partial charge is 0.282 e. The summed E-state index contributed by atoms with van der Waals surface area (Å²) in [5.41, 5.74) is 4.13. The average Bonchev–Trinajstić information content (AvgIpc) is 3.04. The van der Waals surface area contributed by atoms with E-state index in [0.29, 0.717) is 34.0 Å². The molecule has 1 aliphatic heterocycles. The van der Waals surface area contributed by atoms with Crippen LogP contribution in [-0.4, -0.2) is 26.0 Å². The van der Waals surface area contributed by atoms with Crippen LogP contribution in [0.2, 0.25) is 0 Å². The number of anilines is 2. The maximum atomic E-state index is 13.6. The Morgan fingerprint density at radius 2 is 1.53 bits per heavy atom. The monoisotopic (exact) mass is 428 g/mol. The van der Waals surface area contributed by atoms with Crippen molar-refractivity contribution < 1.29 is 19.1 Å². The fourth-order valence-corrected chi connectivity index (χ4v) is 3.71. The Morgan fingerprint density at radius 1 is 0.812 bits per heavy atom. The predicted octanol–water partition coefficient (Wildman–Crippen LogP) is 4.72. The fraction of sp³-hybridized carbons (Fsp3) is 0.154. The minimum absolute atomic E-state index is 0.189. The fourth-order valence-electron chi connectivity index (χ4n) is 3.71. The highest BCUT2D eigenvalue weighted by Gasteiger charge is 2.41. The van der Waals surface area contributed by atoms with Gasteiger partial charge in [-0.2, -0.15) is 0 Å². The third kappa shape index (κ3) is 3.71. The molecule has 0 fully saturated rings. The predicted molar refractivity (Wildman–Crippen MR) is 125 cm³/mol. The third-order valence-corrected chi connectivity index (χ3v) is 5.45. The SMILES string of the molecule is COc1ccc(OC)c(NC2=C(c3ccc(C)cc3)C(=O)N(c3ccccc3C)C2=O)c1. The molecule has 162 valence electrons. The normalized spacial score (nSPS) is 13.6. The summed E-state index contributed by atoms with van der Waals surface area (Å²) in [4.78, 5) is 28.4. The van der Waals surface area contributed by atoms with Crippen molar-refractivity contribution in [3.8, 4) is 11.5 Å². The van der Waals surface area contributed by atoms with E-state index in [1.165, 1.54) is 4.90 Å². The molecule has 1 aliphatic rings. The van der Waals surface area contributed by atoms with E-state index in [1.54, 1.807) is 38.5 Å². The van der Waals surface area contributed by atoms with Crippen molar-refractivity contribution in [2.45, 2.75) is 13.8 Å². The first-order valence-electron chi connectivity index (χ1n) is 10.2. The van der Waals surface area contributed by atoms with Gasteiger partial charge in [0.25, 0.3) is 11.8 Å². The van der Waals surface area contributed by atoms with Gasteiger partial charge in [-0.3, -0.25) is 9.59 Å². The number of amides is 2. The lowest BCUT2D eigenvalue weighted by Crippen LogP contribution is -2.33. The number of carbonyl (C=O) groups excluding carboxylic acids is 2. The Bertz CT molecular complexity index is 1230. The third-order valence-electron chi connectivity index (χ3n) is 5.45. The highest BCUT2D eigenvalue weighted by atomic mass is 16.5. The molecule has 0 saturated carbocycles. The topological polar surface area (TPSA) is 67.9 Å². The molecule has 0 unspecified atom stereocenters. The van der Waals surface area contributed by atoms with Gasteiger partial charge < -0.3 is 14.8 Å². The van der Waals surface area contributed by atoms with E-state index in [4.69, 9.17) is 9.47 Å². The summed E-state index contributed by atoms with van der Waals surface area (Å²) in [7, 11) is 3.11. The molecular formula is C26H24N2O4. The van der Waals surface area contributed by atoms with Crippen LogP contribution in [0.3, 0.4) is 0 Å². The summed E-state index contributed by atoms with van der Waals surface area (Å²) in [6.07, 6.45) is 0. The summed E-state index contributed by atoms with van der Waals surface area (Å²) in [5.74, 6) is 0.316. The van der Waals surface area contributed by atoms with Gasteiger partial charge in [0, 0.05) is 6.07 Å². The van der Waals surface area contributed by atoms with Crippen molar-refractivity contribution in [3.63, 3.8) is 0 Å². The Kier molecular flexibility index (Phi) is 5.69. The number of hydrogen-bond donors (Lipinski definition) is 1. The van der Waals surface area contributed by atoms with Crippen LogP contribution in [0, 0.1) is 13.8 Å². The number of para-hydroxylation sites is 1. The van der Waals surface area contributed by atoms with Gasteiger partial charge in [0.05, 0.1) is 31.2 Å². The number of hydrogen-bond acceptors (Lipinski definition) is 5. The number of rotatable bonds is 6. The number of methoxy groups -OCH3 is 2. The Labute approximate surface area is 187 Å². The zero-order chi connectivity index (χ0) is 22.8. The van der Waals surface area contributed by atoms with Crippen molar-refractivity contribution in [1.29, 1.82) is 0 Å². The van der Waals surface area contributed by atoms with Crippen LogP contribution in [0.4, 0.5) is 11.4 Å². The van der Waals surface area contributed by atoms with Crippen LogP contribution in [0.25, 0.3) is 5.57 Å². The Morgan fingerprint density at radius 3 is 2.19 bits per heavy atom. The van der Waals surface area contributed by atoms with Gasteiger partial charge in [-0.05, 0) is 43.2 Å². The zero-order valence-corrected chi connectivity index (χ0v) is 18.4. The standard InChI is InChI=1S/C26H24N2O4/c1-16-9-11-18(12-10-16)23-24(27-20-15-19(31-3)13-14-22(20)32-4)26(30)28(25(23)29)21-8-6-5-7-17(21)2/h5-15,27H,1-4H3.